The van der Waals surface area contributed by atoms with Gasteiger partial charge in [0.2, 0.25) is 5.91 Å². The average molecular weight is 210 g/mol. The Labute approximate surface area is 91.8 Å². The highest BCUT2D eigenvalue weighted by Gasteiger charge is 2.46. The standard InChI is InChI=1S/C12H22N2O/c13-11(15)5-9-14-10-4-8-12(10)6-2-1-3-7-12/h10,14H,1-9H2,(H2,13,15). The SMILES string of the molecule is NC(=O)CCNC1CCC12CCCCC2. The van der Waals surface area contributed by atoms with E-state index in [1.54, 1.807) is 0 Å². The molecule has 3 heteroatoms. The molecule has 15 heavy (non-hydrogen) atoms. The molecule has 2 aliphatic rings. The van der Waals surface area contributed by atoms with Crippen LogP contribution in [0.3, 0.4) is 0 Å². The molecule has 1 amide bonds. The van der Waals surface area contributed by atoms with Gasteiger partial charge in [-0.2, -0.15) is 0 Å². The summed E-state index contributed by atoms with van der Waals surface area (Å²) in [5.74, 6) is -0.195. The van der Waals surface area contributed by atoms with Gasteiger partial charge in [0.05, 0.1) is 0 Å². The maximum Gasteiger partial charge on any atom is 0.218 e. The average Bonchev–Trinajstić information content (AvgIpc) is 2.24. The van der Waals surface area contributed by atoms with Crippen LogP contribution in [-0.2, 0) is 4.79 Å². The summed E-state index contributed by atoms with van der Waals surface area (Å²) < 4.78 is 0. The summed E-state index contributed by atoms with van der Waals surface area (Å²) in [6.45, 7) is 0.766. The third kappa shape index (κ3) is 2.33. The quantitative estimate of drug-likeness (QED) is 0.740. The minimum Gasteiger partial charge on any atom is -0.370 e. The lowest BCUT2D eigenvalue weighted by Crippen LogP contribution is -2.54. The second kappa shape index (κ2) is 4.52. The zero-order chi connectivity index (χ0) is 10.7. The first-order valence-corrected chi connectivity index (χ1v) is 6.25. The van der Waals surface area contributed by atoms with Gasteiger partial charge in [0.1, 0.15) is 0 Å². The van der Waals surface area contributed by atoms with Crippen LogP contribution in [0.1, 0.15) is 51.4 Å². The van der Waals surface area contributed by atoms with Gasteiger partial charge in [-0.15, -0.1) is 0 Å². The Morgan fingerprint density at radius 1 is 1.27 bits per heavy atom. The lowest BCUT2D eigenvalue weighted by atomic mass is 9.57. The van der Waals surface area contributed by atoms with Crippen LogP contribution in [-0.4, -0.2) is 18.5 Å². The Hall–Kier alpha value is -0.570. The smallest absolute Gasteiger partial charge is 0.218 e. The van der Waals surface area contributed by atoms with Gasteiger partial charge in [0.25, 0.3) is 0 Å². The zero-order valence-corrected chi connectivity index (χ0v) is 9.43. The first-order valence-electron chi connectivity index (χ1n) is 6.25. The Morgan fingerprint density at radius 2 is 2.00 bits per heavy atom. The molecule has 0 bridgehead atoms. The molecule has 1 unspecified atom stereocenters. The van der Waals surface area contributed by atoms with E-state index in [4.69, 9.17) is 5.73 Å². The van der Waals surface area contributed by atoms with Gasteiger partial charge < -0.3 is 11.1 Å². The molecule has 0 aromatic heterocycles. The Balaban J connectivity index is 1.75. The molecule has 3 nitrogen and oxygen atoms in total. The fourth-order valence-corrected chi connectivity index (χ4v) is 3.24. The van der Waals surface area contributed by atoms with E-state index in [9.17, 15) is 4.79 Å². The molecule has 0 radical (unpaired) electrons. The molecule has 0 heterocycles. The molecule has 86 valence electrons. The van der Waals surface area contributed by atoms with Crippen molar-refractivity contribution in [3.8, 4) is 0 Å². The molecule has 2 aliphatic carbocycles. The third-order valence-electron chi connectivity index (χ3n) is 4.28. The van der Waals surface area contributed by atoms with Crippen LogP contribution in [0.5, 0.6) is 0 Å². The second-order valence-electron chi connectivity index (χ2n) is 5.18. The number of primary amides is 1. The second-order valence-corrected chi connectivity index (χ2v) is 5.18. The highest BCUT2D eigenvalue weighted by atomic mass is 16.1. The summed E-state index contributed by atoms with van der Waals surface area (Å²) in [5.41, 5.74) is 5.72. The third-order valence-corrected chi connectivity index (χ3v) is 4.28. The largest absolute Gasteiger partial charge is 0.370 e. The van der Waals surface area contributed by atoms with E-state index >= 15 is 0 Å². The zero-order valence-electron chi connectivity index (χ0n) is 9.43. The molecule has 0 aliphatic heterocycles. The van der Waals surface area contributed by atoms with E-state index in [-0.39, 0.29) is 5.91 Å². The van der Waals surface area contributed by atoms with Crippen molar-refractivity contribution in [2.45, 2.75) is 57.4 Å². The normalized spacial score (nSPS) is 28.7. The number of hydrogen-bond donors (Lipinski definition) is 2. The van der Waals surface area contributed by atoms with Crippen LogP contribution in [0.15, 0.2) is 0 Å². The van der Waals surface area contributed by atoms with Crippen molar-refractivity contribution in [3.63, 3.8) is 0 Å². The molecule has 0 aromatic rings. The number of amides is 1. The molecular weight excluding hydrogens is 188 g/mol. The molecule has 2 saturated carbocycles. The van der Waals surface area contributed by atoms with Crippen LogP contribution in [0.4, 0.5) is 0 Å². The van der Waals surface area contributed by atoms with Gasteiger partial charge in [-0.1, -0.05) is 19.3 Å². The molecule has 1 atom stereocenters. The predicted molar refractivity (Wildman–Crippen MR) is 60.4 cm³/mol. The monoisotopic (exact) mass is 210 g/mol. The molecule has 1 spiro atoms. The summed E-state index contributed by atoms with van der Waals surface area (Å²) >= 11 is 0. The summed E-state index contributed by atoms with van der Waals surface area (Å²) in [4.78, 5) is 10.6. The van der Waals surface area contributed by atoms with Crippen molar-refractivity contribution in [2.75, 3.05) is 6.54 Å². The van der Waals surface area contributed by atoms with Crippen molar-refractivity contribution in [1.29, 1.82) is 0 Å². The summed E-state index contributed by atoms with van der Waals surface area (Å²) in [5, 5.41) is 3.51. The first-order chi connectivity index (χ1) is 7.23. The number of rotatable bonds is 4. The van der Waals surface area contributed by atoms with Crippen molar-refractivity contribution in [3.05, 3.63) is 0 Å². The predicted octanol–water partition coefficient (Wildman–Crippen LogP) is 1.56. The number of carbonyl (C=O) groups is 1. The first kappa shape index (κ1) is 10.9. The van der Waals surface area contributed by atoms with Gasteiger partial charge in [0, 0.05) is 19.0 Å². The fraction of sp³-hybridized carbons (Fsp3) is 0.917. The number of nitrogens with two attached hydrogens (primary N) is 1. The van der Waals surface area contributed by atoms with Crippen LogP contribution in [0, 0.1) is 5.41 Å². The molecule has 2 fully saturated rings. The lowest BCUT2D eigenvalue weighted by Gasteiger charge is -2.52. The van der Waals surface area contributed by atoms with Crippen LogP contribution < -0.4 is 11.1 Å². The van der Waals surface area contributed by atoms with Crippen molar-refractivity contribution in [2.24, 2.45) is 11.1 Å². The summed E-state index contributed by atoms with van der Waals surface area (Å²) in [6, 6.07) is 0.664. The van der Waals surface area contributed by atoms with E-state index in [2.05, 4.69) is 5.32 Å². The summed E-state index contributed by atoms with van der Waals surface area (Å²) in [7, 11) is 0. The van der Waals surface area contributed by atoms with E-state index in [1.807, 2.05) is 0 Å². The van der Waals surface area contributed by atoms with Gasteiger partial charge in [-0.05, 0) is 31.1 Å². The van der Waals surface area contributed by atoms with Gasteiger partial charge in [0.15, 0.2) is 0 Å². The lowest BCUT2D eigenvalue weighted by molar-refractivity contribution is -0.118. The van der Waals surface area contributed by atoms with E-state index < -0.39 is 0 Å². The Bertz CT molecular complexity index is 234. The molecule has 2 rings (SSSR count). The maximum absolute atomic E-state index is 10.6. The Morgan fingerprint density at radius 3 is 2.53 bits per heavy atom. The van der Waals surface area contributed by atoms with E-state index in [0.29, 0.717) is 17.9 Å². The van der Waals surface area contributed by atoms with E-state index in [0.717, 1.165) is 6.54 Å². The van der Waals surface area contributed by atoms with E-state index in [1.165, 1.54) is 44.9 Å². The number of carbonyl (C=O) groups excluding carboxylic acids is 1. The highest BCUT2D eigenvalue weighted by molar-refractivity contribution is 5.73. The minimum absolute atomic E-state index is 0.195. The molecule has 0 aromatic carbocycles. The van der Waals surface area contributed by atoms with Gasteiger partial charge in [-0.25, -0.2) is 0 Å². The van der Waals surface area contributed by atoms with Crippen molar-refractivity contribution >= 4 is 5.91 Å². The van der Waals surface area contributed by atoms with Crippen LogP contribution >= 0.6 is 0 Å². The van der Waals surface area contributed by atoms with Crippen molar-refractivity contribution in [1.82, 2.24) is 5.32 Å². The molecule has 0 saturated heterocycles. The number of nitrogens with one attached hydrogen (secondary N) is 1. The topological polar surface area (TPSA) is 55.1 Å². The van der Waals surface area contributed by atoms with Gasteiger partial charge >= 0.3 is 0 Å². The molecule has 3 N–H and O–H groups in total. The number of hydrogen-bond acceptors (Lipinski definition) is 2. The van der Waals surface area contributed by atoms with Crippen LogP contribution in [0.25, 0.3) is 0 Å². The summed E-state index contributed by atoms with van der Waals surface area (Å²) in [6.07, 6.45) is 10.1. The highest BCUT2D eigenvalue weighted by Crippen LogP contribution is 2.51. The van der Waals surface area contributed by atoms with Gasteiger partial charge in [-0.3, -0.25) is 4.79 Å². The maximum atomic E-state index is 10.6. The minimum atomic E-state index is -0.195. The van der Waals surface area contributed by atoms with Crippen LogP contribution in [0.2, 0.25) is 0 Å². The Kier molecular flexibility index (Phi) is 3.29. The van der Waals surface area contributed by atoms with Crippen molar-refractivity contribution < 1.29 is 4.79 Å². The molecular formula is C12H22N2O. The fourth-order valence-electron chi connectivity index (χ4n) is 3.24.